The minimum atomic E-state index is -2.03. The van der Waals surface area contributed by atoms with E-state index in [1.54, 1.807) is 0 Å². The number of carbonyl (C=O) groups excluding carboxylic acids is 1. The molecule has 1 N–H and O–H groups in total. The van der Waals surface area contributed by atoms with Crippen LogP contribution in [0.1, 0.15) is 61.3 Å². The maximum Gasteiger partial charge on any atom is 0.303 e. The highest BCUT2D eigenvalue weighted by atomic mass is 32.2. The highest BCUT2D eigenvalue weighted by Crippen LogP contribution is 2.50. The molecule has 0 amide bonds. The molecule has 0 radical (unpaired) electrons. The molecule has 29 heavy (non-hydrogen) atoms. The Morgan fingerprint density at radius 2 is 1.79 bits per heavy atom. The summed E-state index contributed by atoms with van der Waals surface area (Å²) in [4.78, 5) is 11.8. The molecule has 1 fully saturated rings. The molecule has 2 aliphatic rings. The average molecular weight is 461 g/mol. The second-order valence-corrected chi connectivity index (χ2v) is 18.0. The fourth-order valence-electron chi connectivity index (χ4n) is 4.02. The maximum absolute atomic E-state index is 11.8. The SMILES string of the molecule is CC(=O)O[C@H]1C[C@@H](O[Si](C)(C)C(C)(C)C)C(C)(C)C([C@H](O)C2SCCCS2)=C1C. The zero-order chi connectivity index (χ0) is 22.2. The number of rotatable bonds is 5. The van der Waals surface area contributed by atoms with Gasteiger partial charge >= 0.3 is 5.97 Å². The van der Waals surface area contributed by atoms with Crippen LogP contribution in [0.3, 0.4) is 0 Å². The summed E-state index contributed by atoms with van der Waals surface area (Å²) >= 11 is 3.68. The van der Waals surface area contributed by atoms with Crippen LogP contribution < -0.4 is 0 Å². The Morgan fingerprint density at radius 1 is 1.24 bits per heavy atom. The zero-order valence-corrected chi connectivity index (χ0v) is 22.3. The highest BCUT2D eigenvalue weighted by molar-refractivity contribution is 8.17. The number of esters is 1. The summed E-state index contributed by atoms with van der Waals surface area (Å²) in [6.45, 7) is 19.1. The summed E-state index contributed by atoms with van der Waals surface area (Å²) in [5, 5.41) is 11.5. The lowest BCUT2D eigenvalue weighted by Crippen LogP contribution is -2.53. The average Bonchev–Trinajstić information content (AvgIpc) is 2.58. The van der Waals surface area contributed by atoms with E-state index < -0.39 is 14.4 Å². The van der Waals surface area contributed by atoms with Gasteiger partial charge in [0.05, 0.1) is 16.8 Å². The van der Waals surface area contributed by atoms with Crippen LogP contribution in [0.2, 0.25) is 18.1 Å². The van der Waals surface area contributed by atoms with Crippen molar-refractivity contribution >= 4 is 37.8 Å². The van der Waals surface area contributed by atoms with Crippen LogP contribution in [-0.4, -0.2) is 53.8 Å². The molecule has 1 aliphatic carbocycles. The number of aliphatic hydroxyl groups excluding tert-OH is 1. The van der Waals surface area contributed by atoms with Crippen molar-refractivity contribution in [2.45, 2.75) is 102 Å². The molecule has 1 heterocycles. The van der Waals surface area contributed by atoms with Crippen LogP contribution in [0.15, 0.2) is 11.1 Å². The molecule has 0 aromatic carbocycles. The van der Waals surface area contributed by atoms with Crippen molar-refractivity contribution < 1.29 is 19.1 Å². The van der Waals surface area contributed by atoms with E-state index in [0.717, 1.165) is 22.7 Å². The van der Waals surface area contributed by atoms with Gasteiger partial charge in [-0.1, -0.05) is 34.6 Å². The Hall–Kier alpha value is 0.0469. The lowest BCUT2D eigenvalue weighted by molar-refractivity contribution is -0.147. The predicted octanol–water partition coefficient (Wildman–Crippen LogP) is 5.61. The van der Waals surface area contributed by atoms with E-state index in [0.29, 0.717) is 6.42 Å². The molecule has 0 spiro atoms. The van der Waals surface area contributed by atoms with Crippen molar-refractivity contribution in [3.05, 3.63) is 11.1 Å². The maximum atomic E-state index is 11.8. The van der Waals surface area contributed by atoms with Crippen molar-refractivity contribution in [2.75, 3.05) is 11.5 Å². The van der Waals surface area contributed by atoms with Gasteiger partial charge in [0.15, 0.2) is 8.32 Å². The molecule has 3 atom stereocenters. The molecule has 0 aromatic heterocycles. The molecule has 7 heteroatoms. The quantitative estimate of drug-likeness (QED) is 0.327. The topological polar surface area (TPSA) is 55.8 Å². The van der Waals surface area contributed by atoms with E-state index in [2.05, 4.69) is 47.7 Å². The Balaban J connectivity index is 2.44. The summed E-state index contributed by atoms with van der Waals surface area (Å²) < 4.78 is 12.7. The molecule has 2 rings (SSSR count). The normalized spacial score (nSPS) is 27.7. The Morgan fingerprint density at radius 3 is 2.28 bits per heavy atom. The first kappa shape index (κ1) is 25.3. The van der Waals surface area contributed by atoms with Gasteiger partial charge in [0.1, 0.15) is 6.10 Å². The van der Waals surface area contributed by atoms with Crippen molar-refractivity contribution in [1.29, 1.82) is 0 Å². The summed E-state index contributed by atoms with van der Waals surface area (Å²) in [7, 11) is -2.03. The number of hydrogen-bond acceptors (Lipinski definition) is 6. The first-order valence-electron chi connectivity index (χ1n) is 10.7. The smallest absolute Gasteiger partial charge is 0.303 e. The molecule has 0 saturated carbocycles. The van der Waals surface area contributed by atoms with Crippen LogP contribution in [0, 0.1) is 5.41 Å². The molecule has 0 aromatic rings. The van der Waals surface area contributed by atoms with Gasteiger partial charge in [-0.05, 0) is 54.1 Å². The molecule has 0 unspecified atom stereocenters. The standard InChI is InChI=1S/C22H40O4S2Si/c1-14-16(25-15(2)23)13-17(26-29(8,9)21(3,4)5)22(6,7)18(14)19(24)20-27-11-10-12-28-20/h16-17,19-20,24H,10-13H2,1-9H3/t16-,17+,19-/m0/s1. The fourth-order valence-corrected chi connectivity index (χ4v) is 8.35. The summed E-state index contributed by atoms with van der Waals surface area (Å²) in [5.74, 6) is 1.88. The van der Waals surface area contributed by atoms with E-state index >= 15 is 0 Å². The lowest BCUT2D eigenvalue weighted by atomic mass is 9.68. The molecule has 0 bridgehead atoms. The molecule has 1 saturated heterocycles. The van der Waals surface area contributed by atoms with Crippen molar-refractivity contribution in [2.24, 2.45) is 5.41 Å². The van der Waals surface area contributed by atoms with Crippen LogP contribution in [0.25, 0.3) is 0 Å². The van der Waals surface area contributed by atoms with Gasteiger partial charge in [-0.2, -0.15) is 0 Å². The predicted molar refractivity (Wildman–Crippen MR) is 128 cm³/mol. The minimum Gasteiger partial charge on any atom is -0.458 e. The molecule has 168 valence electrons. The van der Waals surface area contributed by atoms with Crippen LogP contribution >= 0.6 is 23.5 Å². The van der Waals surface area contributed by atoms with Gasteiger partial charge < -0.3 is 14.3 Å². The second kappa shape index (κ2) is 9.27. The van der Waals surface area contributed by atoms with Gasteiger partial charge in [-0.25, -0.2) is 0 Å². The number of hydrogen-bond donors (Lipinski definition) is 1. The van der Waals surface area contributed by atoms with Crippen molar-refractivity contribution in [3.8, 4) is 0 Å². The number of aliphatic hydroxyl groups is 1. The number of thioether (sulfide) groups is 2. The monoisotopic (exact) mass is 460 g/mol. The Bertz CT molecular complexity index is 633. The van der Waals surface area contributed by atoms with Crippen molar-refractivity contribution in [1.82, 2.24) is 0 Å². The summed E-state index contributed by atoms with van der Waals surface area (Å²) in [6.07, 6.45) is 0.835. The van der Waals surface area contributed by atoms with Crippen LogP contribution in [-0.2, 0) is 14.0 Å². The zero-order valence-electron chi connectivity index (χ0n) is 19.6. The van der Waals surface area contributed by atoms with Crippen LogP contribution in [0.5, 0.6) is 0 Å². The van der Waals surface area contributed by atoms with E-state index in [1.807, 2.05) is 30.4 Å². The summed E-state index contributed by atoms with van der Waals surface area (Å²) in [6, 6.07) is 0. The Kier molecular flexibility index (Phi) is 8.09. The largest absolute Gasteiger partial charge is 0.458 e. The van der Waals surface area contributed by atoms with Gasteiger partial charge in [-0.15, -0.1) is 23.5 Å². The van der Waals surface area contributed by atoms with E-state index in [9.17, 15) is 9.90 Å². The molecular weight excluding hydrogens is 420 g/mol. The van der Waals surface area contributed by atoms with E-state index in [-0.39, 0.29) is 33.2 Å². The molecule has 1 aliphatic heterocycles. The molecular formula is C22H40O4S2Si. The van der Waals surface area contributed by atoms with Gasteiger partial charge in [0.2, 0.25) is 0 Å². The highest BCUT2D eigenvalue weighted by Gasteiger charge is 2.50. The number of carbonyl (C=O) groups is 1. The lowest BCUT2D eigenvalue weighted by Gasteiger charge is -2.50. The van der Waals surface area contributed by atoms with E-state index in [4.69, 9.17) is 9.16 Å². The van der Waals surface area contributed by atoms with Crippen LogP contribution in [0.4, 0.5) is 0 Å². The molecule has 4 nitrogen and oxygen atoms in total. The Labute approximate surface area is 187 Å². The second-order valence-electron chi connectivity index (χ2n) is 10.4. The van der Waals surface area contributed by atoms with Gasteiger partial charge in [0, 0.05) is 18.8 Å². The third kappa shape index (κ3) is 5.65. The van der Waals surface area contributed by atoms with E-state index in [1.165, 1.54) is 13.3 Å². The third-order valence-electron chi connectivity index (χ3n) is 6.79. The van der Waals surface area contributed by atoms with Crippen molar-refractivity contribution in [3.63, 3.8) is 0 Å². The van der Waals surface area contributed by atoms with Gasteiger partial charge in [0.25, 0.3) is 0 Å². The first-order valence-corrected chi connectivity index (χ1v) is 15.7. The minimum absolute atomic E-state index is 0.0874. The third-order valence-corrected chi connectivity index (χ3v) is 14.3. The number of ether oxygens (including phenoxy) is 1. The first-order chi connectivity index (χ1) is 13.2. The summed E-state index contributed by atoms with van der Waals surface area (Å²) in [5.41, 5.74) is 1.68. The fraction of sp³-hybridized carbons (Fsp3) is 0.864. The van der Waals surface area contributed by atoms with Gasteiger partial charge in [-0.3, -0.25) is 4.79 Å².